The quantitative estimate of drug-likeness (QED) is 0.571. The van der Waals surface area contributed by atoms with Gasteiger partial charge in [-0.1, -0.05) is 0 Å². The second-order valence-corrected chi connectivity index (χ2v) is 5.27. The van der Waals surface area contributed by atoms with Crippen LogP contribution in [0, 0.1) is 7.14 Å². The number of carbonyl (C=O) groups excluding carboxylic acids is 1. The SMILES string of the molecule is O=C(O)CC(=O)Nc1cc(I)cc(I)c1. The van der Waals surface area contributed by atoms with Crippen molar-refractivity contribution in [2.75, 3.05) is 5.32 Å². The highest BCUT2D eigenvalue weighted by atomic mass is 127. The lowest BCUT2D eigenvalue weighted by molar-refractivity contribution is -0.139. The molecule has 0 spiro atoms. The summed E-state index contributed by atoms with van der Waals surface area (Å²) in [6.45, 7) is 0. The topological polar surface area (TPSA) is 66.4 Å². The van der Waals surface area contributed by atoms with Gasteiger partial charge < -0.3 is 10.4 Å². The molecule has 0 atom stereocenters. The Balaban J connectivity index is 2.72. The summed E-state index contributed by atoms with van der Waals surface area (Å²) in [6.07, 6.45) is -0.512. The second-order valence-electron chi connectivity index (χ2n) is 2.78. The summed E-state index contributed by atoms with van der Waals surface area (Å²) in [5, 5.41) is 10.9. The molecular weight excluding hydrogens is 424 g/mol. The van der Waals surface area contributed by atoms with E-state index in [1.807, 2.05) is 6.07 Å². The highest BCUT2D eigenvalue weighted by Gasteiger charge is 2.08. The van der Waals surface area contributed by atoms with E-state index in [-0.39, 0.29) is 0 Å². The fourth-order valence-corrected chi connectivity index (χ4v) is 2.91. The van der Waals surface area contributed by atoms with Crippen molar-refractivity contribution < 1.29 is 14.7 Å². The Labute approximate surface area is 114 Å². The number of anilines is 1. The molecule has 2 N–H and O–H groups in total. The van der Waals surface area contributed by atoms with Crippen molar-refractivity contribution in [3.8, 4) is 0 Å². The molecule has 0 fully saturated rings. The number of amides is 1. The molecule has 0 heterocycles. The van der Waals surface area contributed by atoms with Crippen LogP contribution in [0.1, 0.15) is 6.42 Å². The maximum absolute atomic E-state index is 11.1. The van der Waals surface area contributed by atoms with E-state index >= 15 is 0 Å². The molecule has 0 aliphatic heterocycles. The molecule has 0 saturated carbocycles. The zero-order chi connectivity index (χ0) is 11.4. The third-order valence-corrected chi connectivity index (χ3v) is 2.70. The van der Waals surface area contributed by atoms with E-state index in [4.69, 9.17) is 5.11 Å². The van der Waals surface area contributed by atoms with Gasteiger partial charge in [0.05, 0.1) is 0 Å². The van der Waals surface area contributed by atoms with Crippen molar-refractivity contribution in [1.29, 1.82) is 0 Å². The molecule has 1 aromatic rings. The first-order chi connectivity index (χ1) is 6.97. The van der Waals surface area contributed by atoms with Gasteiger partial charge in [0.15, 0.2) is 0 Å². The molecule has 80 valence electrons. The van der Waals surface area contributed by atoms with Crippen LogP contribution in [0.4, 0.5) is 5.69 Å². The molecule has 0 unspecified atom stereocenters. The monoisotopic (exact) mass is 431 g/mol. The van der Waals surface area contributed by atoms with Crippen molar-refractivity contribution in [3.05, 3.63) is 25.3 Å². The fourth-order valence-electron chi connectivity index (χ4n) is 0.969. The first-order valence-corrected chi connectivity index (χ1v) is 6.11. The van der Waals surface area contributed by atoms with Gasteiger partial charge >= 0.3 is 5.97 Å². The molecule has 0 radical (unpaired) electrons. The summed E-state index contributed by atoms with van der Waals surface area (Å²) < 4.78 is 1.98. The minimum Gasteiger partial charge on any atom is -0.481 e. The lowest BCUT2D eigenvalue weighted by Crippen LogP contribution is -2.16. The molecule has 15 heavy (non-hydrogen) atoms. The van der Waals surface area contributed by atoms with Crippen molar-refractivity contribution in [1.82, 2.24) is 0 Å². The van der Waals surface area contributed by atoms with Crippen LogP contribution in [-0.4, -0.2) is 17.0 Å². The number of carbonyl (C=O) groups is 2. The maximum atomic E-state index is 11.1. The summed E-state index contributed by atoms with van der Waals surface area (Å²) in [5.74, 6) is -1.65. The molecule has 0 aromatic heterocycles. The molecular formula is C9H7I2NO3. The Kier molecular flexibility index (Phi) is 4.77. The van der Waals surface area contributed by atoms with Crippen LogP contribution in [0.5, 0.6) is 0 Å². The summed E-state index contributed by atoms with van der Waals surface area (Å²) in [5.41, 5.74) is 0.623. The molecule has 4 nitrogen and oxygen atoms in total. The van der Waals surface area contributed by atoms with Crippen LogP contribution in [-0.2, 0) is 9.59 Å². The van der Waals surface area contributed by atoms with Gasteiger partial charge in [-0.3, -0.25) is 9.59 Å². The van der Waals surface area contributed by atoms with Gasteiger partial charge in [-0.25, -0.2) is 0 Å². The minimum absolute atomic E-state index is 0.512. The van der Waals surface area contributed by atoms with Crippen molar-refractivity contribution in [2.45, 2.75) is 6.42 Å². The number of aliphatic carboxylic acids is 1. The predicted molar refractivity (Wildman–Crippen MR) is 72.8 cm³/mol. The third-order valence-electron chi connectivity index (χ3n) is 1.46. The Morgan fingerprint density at radius 3 is 2.20 bits per heavy atom. The van der Waals surface area contributed by atoms with Gasteiger partial charge in [-0.2, -0.15) is 0 Å². The zero-order valence-corrected chi connectivity index (χ0v) is 11.8. The lowest BCUT2D eigenvalue weighted by Gasteiger charge is -2.04. The van der Waals surface area contributed by atoms with Gasteiger partial charge in [0.1, 0.15) is 6.42 Å². The van der Waals surface area contributed by atoms with Crippen molar-refractivity contribution in [3.63, 3.8) is 0 Å². The van der Waals surface area contributed by atoms with E-state index in [0.717, 1.165) is 7.14 Å². The standard InChI is InChI=1S/C9H7I2NO3/c10-5-1-6(11)3-7(2-5)12-8(13)4-9(14)15/h1-3H,4H2,(H,12,13)(H,14,15). The largest absolute Gasteiger partial charge is 0.481 e. The van der Waals surface area contributed by atoms with E-state index in [1.54, 1.807) is 12.1 Å². The molecule has 0 saturated heterocycles. The van der Waals surface area contributed by atoms with E-state index < -0.39 is 18.3 Å². The van der Waals surface area contributed by atoms with Crippen LogP contribution in [0.2, 0.25) is 0 Å². The Morgan fingerprint density at radius 1 is 1.20 bits per heavy atom. The average molecular weight is 431 g/mol. The molecule has 0 aliphatic rings. The second kappa shape index (κ2) is 5.64. The van der Waals surface area contributed by atoms with Gasteiger partial charge in [-0.05, 0) is 63.4 Å². The van der Waals surface area contributed by atoms with Gasteiger partial charge in [-0.15, -0.1) is 0 Å². The highest BCUT2D eigenvalue weighted by molar-refractivity contribution is 14.1. The van der Waals surface area contributed by atoms with Gasteiger partial charge in [0.25, 0.3) is 0 Å². The molecule has 0 aliphatic carbocycles. The van der Waals surface area contributed by atoms with E-state index in [1.165, 1.54) is 0 Å². The first kappa shape index (κ1) is 12.7. The first-order valence-electron chi connectivity index (χ1n) is 3.95. The Morgan fingerprint density at radius 2 is 1.73 bits per heavy atom. The average Bonchev–Trinajstić information content (AvgIpc) is 1.98. The van der Waals surface area contributed by atoms with Crippen LogP contribution in [0.15, 0.2) is 18.2 Å². The van der Waals surface area contributed by atoms with Crippen molar-refractivity contribution in [2.24, 2.45) is 0 Å². The van der Waals surface area contributed by atoms with Crippen LogP contribution in [0.3, 0.4) is 0 Å². The number of carboxylic acids is 1. The zero-order valence-electron chi connectivity index (χ0n) is 7.46. The fraction of sp³-hybridized carbons (Fsp3) is 0.111. The Bertz CT molecular complexity index is 386. The van der Waals surface area contributed by atoms with Crippen LogP contribution in [0.25, 0.3) is 0 Å². The Hall–Kier alpha value is -0.380. The van der Waals surface area contributed by atoms with E-state index in [0.29, 0.717) is 5.69 Å². The van der Waals surface area contributed by atoms with Crippen LogP contribution < -0.4 is 5.32 Å². The smallest absolute Gasteiger partial charge is 0.312 e. The van der Waals surface area contributed by atoms with Gasteiger partial charge in [0, 0.05) is 12.8 Å². The normalized spacial score (nSPS) is 9.73. The number of carboxylic acid groups (broad SMARTS) is 1. The van der Waals surface area contributed by atoms with Crippen LogP contribution >= 0.6 is 45.2 Å². The number of hydrogen-bond donors (Lipinski definition) is 2. The molecule has 1 rings (SSSR count). The summed E-state index contributed by atoms with van der Waals surface area (Å²) in [7, 11) is 0. The molecule has 0 bridgehead atoms. The number of nitrogens with one attached hydrogen (secondary N) is 1. The lowest BCUT2D eigenvalue weighted by atomic mass is 10.3. The number of hydrogen-bond acceptors (Lipinski definition) is 2. The molecule has 6 heteroatoms. The van der Waals surface area contributed by atoms with E-state index in [2.05, 4.69) is 50.5 Å². The third kappa shape index (κ3) is 4.78. The van der Waals surface area contributed by atoms with E-state index in [9.17, 15) is 9.59 Å². The maximum Gasteiger partial charge on any atom is 0.312 e. The summed E-state index contributed by atoms with van der Waals surface area (Å²) in [4.78, 5) is 21.4. The minimum atomic E-state index is -1.13. The highest BCUT2D eigenvalue weighted by Crippen LogP contribution is 2.18. The molecule has 1 amide bonds. The number of halogens is 2. The predicted octanol–water partition coefficient (Wildman–Crippen LogP) is 2.31. The summed E-state index contributed by atoms with van der Waals surface area (Å²) >= 11 is 4.26. The number of rotatable bonds is 3. The van der Waals surface area contributed by atoms with Gasteiger partial charge in [0.2, 0.25) is 5.91 Å². The molecule has 1 aromatic carbocycles. The van der Waals surface area contributed by atoms with Crippen molar-refractivity contribution >= 4 is 62.7 Å². The summed E-state index contributed by atoms with van der Waals surface area (Å²) in [6, 6.07) is 5.51. The number of benzene rings is 1.